The first-order valence-electron chi connectivity index (χ1n) is 8.69. The lowest BCUT2D eigenvalue weighted by molar-refractivity contribution is -0.123. The van der Waals surface area contributed by atoms with Crippen LogP contribution in [0.4, 0.5) is 11.4 Å². The Hall–Kier alpha value is -2.82. The molecule has 0 bridgehead atoms. The van der Waals surface area contributed by atoms with Gasteiger partial charge >= 0.3 is 0 Å². The second-order valence-corrected chi connectivity index (χ2v) is 6.74. The number of ether oxygens (including phenoxy) is 1. The lowest BCUT2D eigenvalue weighted by Gasteiger charge is -2.13. The number of aryl methyl sites for hydroxylation is 3. The molecule has 2 aromatic carbocycles. The second-order valence-electron chi connectivity index (χ2n) is 6.74. The molecule has 0 aromatic heterocycles. The largest absolute Gasteiger partial charge is 0.491 e. The molecule has 0 spiro atoms. The number of amides is 2. The molecule has 2 N–H and O–H groups in total. The maximum Gasteiger partial charge on any atom is 0.233 e. The first kappa shape index (κ1) is 19.5. The zero-order valence-corrected chi connectivity index (χ0v) is 16.0. The first-order valence-corrected chi connectivity index (χ1v) is 8.69. The van der Waals surface area contributed by atoms with Crippen LogP contribution < -0.4 is 15.4 Å². The molecule has 2 amide bonds. The fraction of sp³-hybridized carbons (Fsp3) is 0.333. The van der Waals surface area contributed by atoms with Gasteiger partial charge in [0.2, 0.25) is 11.8 Å². The molecule has 0 atom stereocenters. The Morgan fingerprint density at radius 1 is 0.923 bits per heavy atom. The normalized spacial score (nSPS) is 10.5. The Balaban J connectivity index is 1.92. The van der Waals surface area contributed by atoms with Crippen molar-refractivity contribution in [1.82, 2.24) is 0 Å². The third-order valence-corrected chi connectivity index (χ3v) is 3.77. The van der Waals surface area contributed by atoms with Crippen molar-refractivity contribution < 1.29 is 14.3 Å². The maximum absolute atomic E-state index is 12.2. The van der Waals surface area contributed by atoms with E-state index in [0.29, 0.717) is 5.69 Å². The molecule has 0 aliphatic rings. The number of nitrogens with one attached hydrogen (secondary N) is 2. The molecule has 0 aliphatic heterocycles. The quantitative estimate of drug-likeness (QED) is 0.757. The van der Waals surface area contributed by atoms with Gasteiger partial charge in [0.05, 0.1) is 6.10 Å². The Morgan fingerprint density at radius 3 is 2.00 bits per heavy atom. The van der Waals surface area contributed by atoms with Crippen molar-refractivity contribution in [2.24, 2.45) is 0 Å². The van der Waals surface area contributed by atoms with E-state index < -0.39 is 0 Å². The van der Waals surface area contributed by atoms with Gasteiger partial charge in [-0.15, -0.1) is 0 Å². The molecule has 0 unspecified atom stereocenters. The average Bonchev–Trinajstić information content (AvgIpc) is 2.52. The van der Waals surface area contributed by atoms with Crippen LogP contribution >= 0.6 is 0 Å². The van der Waals surface area contributed by atoms with Gasteiger partial charge in [-0.3, -0.25) is 9.59 Å². The predicted octanol–water partition coefficient (Wildman–Crippen LogP) is 4.37. The summed E-state index contributed by atoms with van der Waals surface area (Å²) in [6.45, 7) is 9.79. The minimum Gasteiger partial charge on any atom is -0.491 e. The van der Waals surface area contributed by atoms with Crippen LogP contribution in [0.15, 0.2) is 36.4 Å². The van der Waals surface area contributed by atoms with Crippen molar-refractivity contribution in [3.63, 3.8) is 0 Å². The van der Waals surface area contributed by atoms with Crippen LogP contribution in [-0.4, -0.2) is 17.9 Å². The van der Waals surface area contributed by atoms with Crippen LogP contribution in [0, 0.1) is 20.8 Å². The molecule has 138 valence electrons. The number of carbonyl (C=O) groups is 2. The monoisotopic (exact) mass is 354 g/mol. The highest BCUT2D eigenvalue weighted by Gasteiger charge is 2.13. The third-order valence-electron chi connectivity index (χ3n) is 3.77. The molecule has 0 saturated heterocycles. The molecule has 5 heteroatoms. The topological polar surface area (TPSA) is 67.4 Å². The zero-order chi connectivity index (χ0) is 19.3. The Morgan fingerprint density at radius 2 is 1.46 bits per heavy atom. The van der Waals surface area contributed by atoms with Crippen LogP contribution in [0.1, 0.15) is 37.0 Å². The van der Waals surface area contributed by atoms with Gasteiger partial charge < -0.3 is 15.4 Å². The summed E-state index contributed by atoms with van der Waals surface area (Å²) in [7, 11) is 0. The number of rotatable bonds is 6. The Labute approximate surface area is 154 Å². The summed E-state index contributed by atoms with van der Waals surface area (Å²) in [6, 6.07) is 11.1. The minimum atomic E-state index is -0.359. The summed E-state index contributed by atoms with van der Waals surface area (Å²) in [5, 5.41) is 5.56. The molecular weight excluding hydrogens is 328 g/mol. The van der Waals surface area contributed by atoms with Crippen molar-refractivity contribution in [3.8, 4) is 5.75 Å². The zero-order valence-electron chi connectivity index (χ0n) is 16.0. The van der Waals surface area contributed by atoms with Crippen molar-refractivity contribution in [2.75, 3.05) is 10.6 Å². The number of hydrogen-bond donors (Lipinski definition) is 2. The SMILES string of the molecule is Cc1cc(C)c(NC(=O)CC(=O)Nc2ccc(OC(C)C)cc2)c(C)c1. The van der Waals surface area contributed by atoms with Gasteiger partial charge in [-0.1, -0.05) is 17.7 Å². The van der Waals surface area contributed by atoms with E-state index in [0.717, 1.165) is 28.1 Å². The fourth-order valence-corrected chi connectivity index (χ4v) is 2.80. The molecule has 0 saturated carbocycles. The summed E-state index contributed by atoms with van der Waals surface area (Å²) in [5.74, 6) is 0.0424. The van der Waals surface area contributed by atoms with E-state index in [2.05, 4.69) is 10.6 Å². The van der Waals surface area contributed by atoms with Crippen molar-refractivity contribution >= 4 is 23.2 Å². The van der Waals surface area contributed by atoms with Crippen molar-refractivity contribution in [3.05, 3.63) is 53.1 Å². The van der Waals surface area contributed by atoms with E-state index in [1.165, 1.54) is 0 Å². The van der Waals surface area contributed by atoms with Crippen LogP contribution in [0.5, 0.6) is 5.75 Å². The summed E-state index contributed by atoms with van der Waals surface area (Å²) in [6.07, 6.45) is -0.149. The van der Waals surface area contributed by atoms with Gasteiger partial charge in [-0.25, -0.2) is 0 Å². The van der Waals surface area contributed by atoms with E-state index in [-0.39, 0.29) is 24.3 Å². The van der Waals surface area contributed by atoms with Crippen LogP contribution in [-0.2, 0) is 9.59 Å². The van der Waals surface area contributed by atoms with E-state index in [4.69, 9.17) is 4.74 Å². The van der Waals surface area contributed by atoms with Crippen LogP contribution in [0.2, 0.25) is 0 Å². The van der Waals surface area contributed by atoms with Gasteiger partial charge in [0.1, 0.15) is 12.2 Å². The molecule has 0 heterocycles. The lowest BCUT2D eigenvalue weighted by Crippen LogP contribution is -2.22. The number of carbonyl (C=O) groups excluding carboxylic acids is 2. The van der Waals surface area contributed by atoms with Gasteiger partial charge in [-0.2, -0.15) is 0 Å². The molecule has 0 radical (unpaired) electrons. The molecule has 5 nitrogen and oxygen atoms in total. The number of anilines is 2. The molecule has 0 fully saturated rings. The molecule has 2 aromatic rings. The highest BCUT2D eigenvalue weighted by molar-refractivity contribution is 6.08. The van der Waals surface area contributed by atoms with Gasteiger partial charge in [-0.05, 0) is 70.0 Å². The first-order chi connectivity index (χ1) is 12.2. The Kier molecular flexibility index (Phi) is 6.39. The molecule has 26 heavy (non-hydrogen) atoms. The van der Waals surface area contributed by atoms with Gasteiger partial charge in [0.25, 0.3) is 0 Å². The van der Waals surface area contributed by atoms with Crippen LogP contribution in [0.25, 0.3) is 0 Å². The van der Waals surface area contributed by atoms with E-state index in [1.54, 1.807) is 24.3 Å². The van der Waals surface area contributed by atoms with Crippen LogP contribution in [0.3, 0.4) is 0 Å². The summed E-state index contributed by atoms with van der Waals surface area (Å²) in [5.41, 5.74) is 4.50. The minimum absolute atomic E-state index is 0.0906. The summed E-state index contributed by atoms with van der Waals surface area (Å²) >= 11 is 0. The van der Waals surface area contributed by atoms with Gasteiger partial charge in [0, 0.05) is 11.4 Å². The second kappa shape index (κ2) is 8.52. The smallest absolute Gasteiger partial charge is 0.233 e. The third kappa shape index (κ3) is 5.62. The number of hydrogen-bond acceptors (Lipinski definition) is 3. The van der Waals surface area contributed by atoms with Crippen molar-refractivity contribution in [1.29, 1.82) is 0 Å². The van der Waals surface area contributed by atoms with Gasteiger partial charge in [0.15, 0.2) is 0 Å². The number of benzene rings is 2. The maximum atomic E-state index is 12.2. The van der Waals surface area contributed by atoms with Crippen molar-refractivity contribution in [2.45, 2.75) is 47.1 Å². The summed E-state index contributed by atoms with van der Waals surface area (Å²) in [4.78, 5) is 24.3. The fourth-order valence-electron chi connectivity index (χ4n) is 2.80. The van der Waals surface area contributed by atoms with E-state index >= 15 is 0 Å². The molecule has 2 rings (SSSR count). The predicted molar refractivity (Wildman–Crippen MR) is 105 cm³/mol. The summed E-state index contributed by atoms with van der Waals surface area (Å²) < 4.78 is 5.56. The Bertz CT molecular complexity index is 772. The standard InChI is InChI=1S/C21H26N2O3/c1-13(2)26-18-8-6-17(7-9-18)22-19(24)12-20(25)23-21-15(4)10-14(3)11-16(21)5/h6-11,13H,12H2,1-5H3,(H,22,24)(H,23,25). The average molecular weight is 354 g/mol. The highest BCUT2D eigenvalue weighted by Crippen LogP contribution is 2.22. The lowest BCUT2D eigenvalue weighted by atomic mass is 10.0. The molecular formula is C21H26N2O3. The van der Waals surface area contributed by atoms with E-state index in [9.17, 15) is 9.59 Å². The highest BCUT2D eigenvalue weighted by atomic mass is 16.5. The van der Waals surface area contributed by atoms with E-state index in [1.807, 2.05) is 46.8 Å². The molecule has 0 aliphatic carbocycles.